The summed E-state index contributed by atoms with van der Waals surface area (Å²) in [6.07, 6.45) is -1.55. The van der Waals surface area contributed by atoms with Crippen LogP contribution >= 0.6 is 21.6 Å². The Morgan fingerprint density at radius 2 is 1.21 bits per heavy atom. The summed E-state index contributed by atoms with van der Waals surface area (Å²) in [5, 5.41) is 29.7. The Bertz CT molecular complexity index is 2750. The summed E-state index contributed by atoms with van der Waals surface area (Å²) in [4.78, 5) is 192. The third-order valence-electron chi connectivity index (χ3n) is 13.2. The van der Waals surface area contributed by atoms with E-state index in [1.807, 2.05) is 0 Å². The lowest BCUT2D eigenvalue weighted by atomic mass is 10.0. The van der Waals surface area contributed by atoms with Crippen LogP contribution in [-0.2, 0) is 80.0 Å². The number of benzene rings is 2. The molecule has 2 fully saturated rings. The summed E-state index contributed by atoms with van der Waals surface area (Å²) in [5.74, 6) is -14.6. The average molecular weight is 1230 g/mol. The number of hydrogen-bond donors (Lipinski definition) is 15. The number of likely N-dealkylation sites (tertiary alicyclic amines) is 1. The van der Waals surface area contributed by atoms with E-state index in [1.54, 1.807) is 30.3 Å². The van der Waals surface area contributed by atoms with Crippen LogP contribution in [-0.4, -0.2) is 197 Å². The highest BCUT2D eigenvalue weighted by Gasteiger charge is 2.43. The van der Waals surface area contributed by atoms with Gasteiger partial charge in [-0.2, -0.15) is 0 Å². The predicted molar refractivity (Wildman–Crippen MR) is 307 cm³/mol. The molecule has 0 saturated carbocycles. The van der Waals surface area contributed by atoms with Gasteiger partial charge in [-0.3, -0.25) is 67.1 Å². The Morgan fingerprint density at radius 1 is 0.647 bits per heavy atom. The van der Waals surface area contributed by atoms with Crippen molar-refractivity contribution in [3.63, 3.8) is 0 Å². The number of primary amides is 4. The molecule has 2 aliphatic rings. The topological polar surface area (TPSA) is 518 Å². The van der Waals surface area contributed by atoms with E-state index in [0.29, 0.717) is 24.0 Å². The first kappa shape index (κ1) is 68.9. The Hall–Kier alpha value is -8.56. The zero-order valence-corrected chi connectivity index (χ0v) is 48.0. The number of phenols is 1. The number of unbranched alkanes of at least 4 members (excludes halogenated alkanes) is 1. The minimum Gasteiger partial charge on any atom is -0.508 e. The summed E-state index contributed by atoms with van der Waals surface area (Å²) in [6, 6.07) is 1.01. The highest BCUT2D eigenvalue weighted by atomic mass is 33.1. The number of nitrogens with two attached hydrogens (primary N) is 6. The second-order valence-corrected chi connectivity index (χ2v) is 22.4. The quantitative estimate of drug-likeness (QED) is 0.0324. The molecule has 0 aromatic heterocycles. The zero-order chi connectivity index (χ0) is 62.8. The van der Waals surface area contributed by atoms with Gasteiger partial charge in [-0.25, -0.2) is 0 Å². The third kappa shape index (κ3) is 23.2. The van der Waals surface area contributed by atoms with E-state index in [4.69, 9.17) is 34.4 Å². The van der Waals surface area contributed by atoms with Crippen LogP contribution in [0.2, 0.25) is 0 Å². The second kappa shape index (κ2) is 34.9. The normalized spacial score (nSPS) is 21.2. The SMILES string of the molecule is NCCCC[C@@H](C(N)=O)N(CC(N)=O)C(=O)[C@@H]1CCCN1C(=O)C1CSSCC(NC(=O)CNC(=O)CNC(=O)CN)C(=O)NC(Cc2ccc(O)cc2)C(=O)N[C@@H](Cc2ccccc2)C(=O)NC(CCC(N)=O)C(=O)N[C@@H](CC(N)=O)C(=O)N1. The van der Waals surface area contributed by atoms with Gasteiger partial charge in [0.1, 0.15) is 60.6 Å². The Morgan fingerprint density at radius 3 is 1.81 bits per heavy atom. The van der Waals surface area contributed by atoms with Gasteiger partial charge in [0.25, 0.3) is 0 Å². The fraction of sp³-hybridized carbons (Fsp3) is 0.500. The van der Waals surface area contributed by atoms with Gasteiger partial charge in [0.2, 0.25) is 82.7 Å². The molecule has 2 aromatic rings. The van der Waals surface area contributed by atoms with Gasteiger partial charge in [-0.1, -0.05) is 64.1 Å². The molecule has 31 nitrogen and oxygen atoms in total. The van der Waals surface area contributed by atoms with E-state index in [-0.39, 0.29) is 56.7 Å². The van der Waals surface area contributed by atoms with E-state index >= 15 is 0 Å². The van der Waals surface area contributed by atoms with Gasteiger partial charge in [-0.05, 0) is 68.3 Å². The highest BCUT2D eigenvalue weighted by molar-refractivity contribution is 8.76. The molecule has 2 aromatic carbocycles. The molecular weight excluding hydrogens is 1150 g/mol. The van der Waals surface area contributed by atoms with Crippen molar-refractivity contribution in [1.29, 1.82) is 0 Å². The van der Waals surface area contributed by atoms with Gasteiger partial charge in [-0.15, -0.1) is 0 Å². The first-order valence-electron chi connectivity index (χ1n) is 27.0. The molecule has 2 saturated heterocycles. The lowest BCUT2D eigenvalue weighted by molar-refractivity contribution is -0.150. The number of nitrogens with one attached hydrogen (secondary N) is 8. The molecule has 2 heterocycles. The number of nitrogens with zero attached hydrogens (tertiary/aromatic N) is 2. The number of amides is 14. The van der Waals surface area contributed by atoms with Gasteiger partial charge < -0.3 is 91.8 Å². The fourth-order valence-corrected chi connectivity index (χ4v) is 11.2. The van der Waals surface area contributed by atoms with E-state index in [9.17, 15) is 72.2 Å². The minimum absolute atomic E-state index is 0.00725. The van der Waals surface area contributed by atoms with Gasteiger partial charge >= 0.3 is 0 Å². The molecule has 33 heteroatoms. The summed E-state index contributed by atoms with van der Waals surface area (Å²) in [5.41, 5.74) is 34.1. The summed E-state index contributed by atoms with van der Waals surface area (Å²) in [7, 11) is 1.69. The van der Waals surface area contributed by atoms with E-state index in [1.165, 1.54) is 24.3 Å². The van der Waals surface area contributed by atoms with Gasteiger partial charge in [0.15, 0.2) is 0 Å². The highest BCUT2D eigenvalue weighted by Crippen LogP contribution is 2.27. The molecular formula is C52H74N16O15S2. The minimum atomic E-state index is -1.90. The molecule has 0 spiro atoms. The van der Waals surface area contributed by atoms with Gasteiger partial charge in [0, 0.05) is 37.3 Å². The molecule has 4 unspecified atom stereocenters. The Labute approximate surface area is 496 Å². The maximum absolute atomic E-state index is 14.9. The first-order chi connectivity index (χ1) is 40.4. The first-order valence-corrected chi connectivity index (χ1v) is 29.5. The van der Waals surface area contributed by atoms with Crippen LogP contribution in [0.1, 0.15) is 62.5 Å². The lowest BCUT2D eigenvalue weighted by Gasteiger charge is -2.35. The molecule has 2 aliphatic heterocycles. The monoisotopic (exact) mass is 1230 g/mol. The van der Waals surface area contributed by atoms with Crippen molar-refractivity contribution in [2.75, 3.05) is 50.8 Å². The predicted octanol–water partition coefficient (Wildman–Crippen LogP) is -6.90. The average Bonchev–Trinajstić information content (AvgIpc) is 3.03. The third-order valence-corrected chi connectivity index (χ3v) is 15.7. The van der Waals surface area contributed by atoms with Crippen LogP contribution in [0.3, 0.4) is 0 Å². The summed E-state index contributed by atoms with van der Waals surface area (Å²) >= 11 is 0. The van der Waals surface area contributed by atoms with Crippen LogP contribution < -0.4 is 76.9 Å². The fourth-order valence-electron chi connectivity index (χ4n) is 8.91. The van der Waals surface area contributed by atoms with Crippen molar-refractivity contribution in [3.8, 4) is 5.75 Å². The molecule has 14 amide bonds. The smallest absolute Gasteiger partial charge is 0.246 e. The van der Waals surface area contributed by atoms with Crippen LogP contribution in [0.4, 0.5) is 0 Å². The van der Waals surface area contributed by atoms with E-state index in [2.05, 4.69) is 42.5 Å². The zero-order valence-electron chi connectivity index (χ0n) is 46.4. The maximum Gasteiger partial charge on any atom is 0.246 e. The molecule has 21 N–H and O–H groups in total. The number of phenolic OH excluding ortho intramolecular Hbond substituents is 1. The van der Waals surface area contributed by atoms with Gasteiger partial charge in [0.05, 0.1) is 26.1 Å². The molecule has 464 valence electrons. The molecule has 0 aliphatic carbocycles. The number of carbonyl (C=O) groups is 14. The van der Waals surface area contributed by atoms with Crippen molar-refractivity contribution >= 4 is 104 Å². The van der Waals surface area contributed by atoms with Crippen molar-refractivity contribution in [2.24, 2.45) is 34.4 Å². The van der Waals surface area contributed by atoms with Crippen molar-refractivity contribution < 1.29 is 72.2 Å². The lowest BCUT2D eigenvalue weighted by Crippen LogP contribution is -2.61. The van der Waals surface area contributed by atoms with Crippen molar-refractivity contribution in [2.45, 2.75) is 113 Å². The molecule has 8 atom stereocenters. The van der Waals surface area contributed by atoms with E-state index < -0.39 is 182 Å². The molecule has 4 rings (SSSR count). The maximum atomic E-state index is 14.9. The number of hydrogen-bond acceptors (Lipinski definition) is 19. The van der Waals surface area contributed by atoms with Crippen LogP contribution in [0.5, 0.6) is 5.75 Å². The Balaban J connectivity index is 1.85. The second-order valence-electron chi connectivity index (χ2n) is 19.8. The standard InChI is InChI=1S/C52H74N16O15S2/c53-17-5-4-9-37(45(58)76)68(25-41(57)72)52(83)38-10-6-18-67(38)51(82)36-27-85-84-26-35(61-44(75)24-60-43(74)23-59-42(73)22-54)50(81)64-33(20-29-11-13-30(69)14-12-29)48(79)63-32(19-28-7-2-1-3-8-28)47(78)62-31(15-16-39(55)70)46(77)65-34(21-40(56)71)49(80)66-36/h1-3,7-8,11-14,31-38,69H,4-6,9-10,15-27,53-54H2,(H2,55,70)(H2,56,71)(H2,57,72)(H2,58,76)(H,59,73)(H,60,74)(H,61,75)(H,62,78)(H,63,79)(H,64,81)(H,65,77)(H,66,80)/t31?,32-,33?,34-,35?,36?,37-,38-/m0/s1. The molecule has 85 heavy (non-hydrogen) atoms. The number of rotatable bonds is 25. The molecule has 0 radical (unpaired) electrons. The van der Waals surface area contributed by atoms with Crippen molar-refractivity contribution in [1.82, 2.24) is 52.3 Å². The summed E-state index contributed by atoms with van der Waals surface area (Å²) < 4.78 is 0. The number of aromatic hydroxyl groups is 1. The Kier molecular flexibility index (Phi) is 28.3. The van der Waals surface area contributed by atoms with Crippen LogP contribution in [0.15, 0.2) is 54.6 Å². The number of carbonyl (C=O) groups excluding carboxylic acids is 14. The van der Waals surface area contributed by atoms with E-state index in [0.717, 1.165) is 31.4 Å². The van der Waals surface area contributed by atoms with Crippen LogP contribution in [0.25, 0.3) is 0 Å². The van der Waals surface area contributed by atoms with Crippen molar-refractivity contribution in [3.05, 3.63) is 65.7 Å². The molecule has 0 bridgehead atoms. The van der Waals surface area contributed by atoms with Crippen LogP contribution in [0, 0.1) is 0 Å². The summed E-state index contributed by atoms with van der Waals surface area (Å²) in [6.45, 7) is -2.37. The largest absolute Gasteiger partial charge is 0.508 e.